The molecule has 0 heterocycles. The fraction of sp³-hybridized carbons (Fsp3) is 0.400. The van der Waals surface area contributed by atoms with Crippen molar-refractivity contribution in [2.24, 2.45) is 0 Å². The Kier molecular flexibility index (Phi) is 4.81. The SMILES string of the molecule is C=CC(=O)C(O)CO[P+](=O)O. The van der Waals surface area contributed by atoms with E-state index in [1.54, 1.807) is 0 Å². The monoisotopic (exact) mass is 179 g/mol. The van der Waals surface area contributed by atoms with E-state index in [2.05, 4.69) is 11.1 Å². The maximum absolute atomic E-state index is 10.5. The number of rotatable bonds is 5. The van der Waals surface area contributed by atoms with Crippen molar-refractivity contribution in [1.82, 2.24) is 0 Å². The van der Waals surface area contributed by atoms with E-state index in [1.807, 2.05) is 0 Å². The zero-order valence-electron chi connectivity index (χ0n) is 5.64. The van der Waals surface area contributed by atoms with E-state index in [0.29, 0.717) is 0 Å². The van der Waals surface area contributed by atoms with E-state index in [4.69, 9.17) is 10.00 Å². The summed E-state index contributed by atoms with van der Waals surface area (Å²) in [6.45, 7) is 2.62. The Labute approximate surface area is 64.3 Å². The molecule has 0 aliphatic rings. The van der Waals surface area contributed by atoms with Gasteiger partial charge in [0.05, 0.1) is 0 Å². The number of carbonyl (C=O) groups excluding carboxylic acids is 1. The molecule has 0 saturated carbocycles. The largest absolute Gasteiger partial charge is 0.694 e. The van der Waals surface area contributed by atoms with Crippen molar-refractivity contribution in [2.45, 2.75) is 6.10 Å². The van der Waals surface area contributed by atoms with Gasteiger partial charge in [-0.1, -0.05) is 6.58 Å². The van der Waals surface area contributed by atoms with Gasteiger partial charge < -0.3 is 5.11 Å². The summed E-state index contributed by atoms with van der Waals surface area (Å²) >= 11 is 0. The quantitative estimate of drug-likeness (QED) is 0.449. The zero-order chi connectivity index (χ0) is 8.85. The van der Waals surface area contributed by atoms with Crippen molar-refractivity contribution in [2.75, 3.05) is 6.61 Å². The summed E-state index contributed by atoms with van der Waals surface area (Å²) in [5, 5.41) is 8.78. The Hall–Kier alpha value is -0.610. The minimum absolute atomic E-state index is 0.490. The van der Waals surface area contributed by atoms with Crippen LogP contribution in [0, 0.1) is 0 Å². The molecule has 0 aliphatic heterocycles. The molecular weight excluding hydrogens is 171 g/mol. The van der Waals surface area contributed by atoms with E-state index >= 15 is 0 Å². The molecule has 5 nitrogen and oxygen atoms in total. The smallest absolute Gasteiger partial charge is 0.382 e. The van der Waals surface area contributed by atoms with Crippen LogP contribution in [0.5, 0.6) is 0 Å². The van der Waals surface area contributed by atoms with Crippen LogP contribution in [0.2, 0.25) is 0 Å². The van der Waals surface area contributed by atoms with E-state index < -0.39 is 26.7 Å². The van der Waals surface area contributed by atoms with Gasteiger partial charge >= 0.3 is 8.25 Å². The summed E-state index contributed by atoms with van der Waals surface area (Å²) < 4.78 is 14.0. The molecule has 0 fully saturated rings. The Morgan fingerprint density at radius 3 is 2.73 bits per heavy atom. The third kappa shape index (κ3) is 4.75. The summed E-state index contributed by atoms with van der Waals surface area (Å²) in [6.07, 6.45) is -0.489. The van der Waals surface area contributed by atoms with Gasteiger partial charge in [-0.2, -0.15) is 0 Å². The fourth-order valence-corrected chi connectivity index (χ4v) is 0.621. The van der Waals surface area contributed by atoms with Crippen molar-refractivity contribution in [1.29, 1.82) is 0 Å². The first kappa shape index (κ1) is 10.4. The molecule has 0 amide bonds. The molecule has 11 heavy (non-hydrogen) atoms. The molecule has 0 bridgehead atoms. The molecule has 0 rings (SSSR count). The first-order chi connectivity index (χ1) is 5.07. The van der Waals surface area contributed by atoms with Crippen LogP contribution in [0.4, 0.5) is 0 Å². The molecule has 0 aromatic heterocycles. The molecule has 0 aromatic rings. The van der Waals surface area contributed by atoms with Gasteiger partial charge in [-0.3, -0.25) is 4.79 Å². The summed E-state index contributed by atoms with van der Waals surface area (Å²) in [5.74, 6) is -0.637. The topological polar surface area (TPSA) is 83.8 Å². The highest BCUT2D eigenvalue weighted by molar-refractivity contribution is 7.32. The molecule has 62 valence electrons. The summed E-state index contributed by atoms with van der Waals surface area (Å²) in [4.78, 5) is 18.6. The van der Waals surface area contributed by atoms with E-state index in [1.165, 1.54) is 0 Å². The molecule has 0 aromatic carbocycles. The summed E-state index contributed by atoms with van der Waals surface area (Å²) in [5.41, 5.74) is 0. The van der Waals surface area contributed by atoms with Gasteiger partial charge in [0.25, 0.3) is 0 Å². The molecule has 2 atom stereocenters. The van der Waals surface area contributed by atoms with Gasteiger partial charge in [0, 0.05) is 4.57 Å². The third-order valence-corrected chi connectivity index (χ3v) is 1.24. The van der Waals surface area contributed by atoms with Crippen molar-refractivity contribution < 1.29 is 23.9 Å². The minimum Gasteiger partial charge on any atom is -0.382 e. The second-order valence-corrected chi connectivity index (χ2v) is 2.39. The molecule has 0 aliphatic carbocycles. The summed E-state index contributed by atoms with van der Waals surface area (Å²) in [7, 11) is -2.76. The van der Waals surface area contributed by atoms with Crippen LogP contribution in [-0.4, -0.2) is 28.5 Å². The molecule has 2 unspecified atom stereocenters. The van der Waals surface area contributed by atoms with Crippen LogP contribution in [0.3, 0.4) is 0 Å². The van der Waals surface area contributed by atoms with Crippen molar-refractivity contribution >= 4 is 14.0 Å². The van der Waals surface area contributed by atoms with Gasteiger partial charge in [-0.25, -0.2) is 0 Å². The number of ketones is 1. The van der Waals surface area contributed by atoms with Crippen LogP contribution in [0.1, 0.15) is 0 Å². The Morgan fingerprint density at radius 1 is 1.82 bits per heavy atom. The first-order valence-electron chi connectivity index (χ1n) is 2.71. The molecule has 2 N–H and O–H groups in total. The normalized spacial score (nSPS) is 13.8. The lowest BCUT2D eigenvalue weighted by atomic mass is 10.2. The van der Waals surface area contributed by atoms with Crippen LogP contribution >= 0.6 is 8.25 Å². The minimum atomic E-state index is -2.76. The lowest BCUT2D eigenvalue weighted by molar-refractivity contribution is -0.123. The van der Waals surface area contributed by atoms with E-state index in [-0.39, 0.29) is 0 Å². The van der Waals surface area contributed by atoms with Crippen molar-refractivity contribution in [3.63, 3.8) is 0 Å². The maximum Gasteiger partial charge on any atom is 0.694 e. The zero-order valence-corrected chi connectivity index (χ0v) is 6.53. The number of hydrogen-bond donors (Lipinski definition) is 2. The fourth-order valence-electron chi connectivity index (χ4n) is 0.353. The Morgan fingerprint density at radius 2 is 2.36 bits per heavy atom. The van der Waals surface area contributed by atoms with Crippen molar-refractivity contribution in [3.8, 4) is 0 Å². The third-order valence-electron chi connectivity index (χ3n) is 0.872. The Balaban J connectivity index is 3.68. The first-order valence-corrected chi connectivity index (χ1v) is 3.84. The highest BCUT2D eigenvalue weighted by Crippen LogP contribution is 2.14. The van der Waals surface area contributed by atoms with Crippen LogP contribution in [0.15, 0.2) is 12.7 Å². The average Bonchev–Trinajstić information content (AvgIpc) is 1.98. The van der Waals surface area contributed by atoms with E-state index in [9.17, 15) is 9.36 Å². The standard InChI is InChI=1S/C5H7O5P/c1-2-4(6)5(7)3-10-11(8)9/h2,5,7H,1,3H2/p+1. The number of hydrogen-bond acceptors (Lipinski definition) is 4. The van der Waals surface area contributed by atoms with Gasteiger partial charge in [-0.15, -0.1) is 9.42 Å². The lowest BCUT2D eigenvalue weighted by Crippen LogP contribution is -2.22. The van der Waals surface area contributed by atoms with Gasteiger partial charge in [0.2, 0.25) is 0 Å². The molecule has 6 heteroatoms. The summed E-state index contributed by atoms with van der Waals surface area (Å²) in [6, 6.07) is 0. The van der Waals surface area contributed by atoms with Gasteiger partial charge in [0.15, 0.2) is 5.78 Å². The van der Waals surface area contributed by atoms with Gasteiger partial charge in [0.1, 0.15) is 12.7 Å². The number of aliphatic hydroxyl groups excluding tert-OH is 1. The Bertz CT molecular complexity index is 178. The highest BCUT2D eigenvalue weighted by atomic mass is 31.1. The van der Waals surface area contributed by atoms with Crippen LogP contribution in [-0.2, 0) is 13.9 Å². The predicted octanol–water partition coefficient (Wildman–Crippen LogP) is -0.231. The van der Waals surface area contributed by atoms with Crippen LogP contribution < -0.4 is 0 Å². The van der Waals surface area contributed by atoms with Crippen molar-refractivity contribution in [3.05, 3.63) is 12.7 Å². The average molecular weight is 179 g/mol. The maximum atomic E-state index is 10.5. The van der Waals surface area contributed by atoms with Gasteiger partial charge in [-0.05, 0) is 6.08 Å². The predicted molar refractivity (Wildman–Crippen MR) is 37.0 cm³/mol. The second kappa shape index (κ2) is 5.09. The highest BCUT2D eigenvalue weighted by Gasteiger charge is 2.19. The molecule has 0 saturated heterocycles. The van der Waals surface area contributed by atoms with E-state index in [0.717, 1.165) is 6.08 Å². The molecule has 0 spiro atoms. The second-order valence-electron chi connectivity index (χ2n) is 1.66. The molecule has 0 radical (unpaired) electrons. The molecular formula is C5H8O5P+. The number of carbonyl (C=O) groups is 1. The number of aliphatic hydroxyl groups is 1. The van der Waals surface area contributed by atoms with Crippen LogP contribution in [0.25, 0.3) is 0 Å². The lowest BCUT2D eigenvalue weighted by Gasteiger charge is -1.98.